The molecule has 0 N–H and O–H groups in total. The molecular formula is C25H29F2O7-. The van der Waals surface area contributed by atoms with Gasteiger partial charge >= 0.3 is 18.0 Å². The van der Waals surface area contributed by atoms with Crippen LogP contribution in [-0.4, -0.2) is 35.7 Å². The predicted molar refractivity (Wildman–Crippen MR) is 113 cm³/mol. The van der Waals surface area contributed by atoms with Gasteiger partial charge in [0.2, 0.25) is 0 Å². The molecule has 6 unspecified atom stereocenters. The highest BCUT2D eigenvalue weighted by Crippen LogP contribution is 2.63. The van der Waals surface area contributed by atoms with Gasteiger partial charge in [0, 0.05) is 5.92 Å². The van der Waals surface area contributed by atoms with Gasteiger partial charge in [-0.25, -0.2) is 9.59 Å². The lowest BCUT2D eigenvalue weighted by atomic mass is 9.74. The van der Waals surface area contributed by atoms with Gasteiger partial charge in [-0.3, -0.25) is 0 Å². The number of hydrogen-bond acceptors (Lipinski definition) is 7. The molecule has 0 heterocycles. The fourth-order valence-corrected chi connectivity index (χ4v) is 6.40. The number of carboxylic acids is 1. The Kier molecular flexibility index (Phi) is 6.33. The quantitative estimate of drug-likeness (QED) is 0.431. The van der Waals surface area contributed by atoms with E-state index in [0.29, 0.717) is 17.8 Å². The van der Waals surface area contributed by atoms with Crippen LogP contribution >= 0.6 is 0 Å². The maximum atomic E-state index is 13.9. The van der Waals surface area contributed by atoms with Crippen LogP contribution in [0.3, 0.4) is 0 Å². The lowest BCUT2D eigenvalue weighted by Crippen LogP contribution is -2.53. The summed E-state index contributed by atoms with van der Waals surface area (Å²) in [7, 11) is 0. The number of rotatable bonds is 7. The van der Waals surface area contributed by atoms with Gasteiger partial charge in [0.1, 0.15) is 17.3 Å². The summed E-state index contributed by atoms with van der Waals surface area (Å²) in [6.07, 6.45) is 2.59. The number of fused-ring (bicyclic) bond motifs is 5. The van der Waals surface area contributed by atoms with Gasteiger partial charge in [-0.1, -0.05) is 20.3 Å². The molecule has 0 aromatic heterocycles. The zero-order valence-corrected chi connectivity index (χ0v) is 19.4. The summed E-state index contributed by atoms with van der Waals surface area (Å²) in [4.78, 5) is 35.5. The first kappa shape index (κ1) is 24.4. The van der Waals surface area contributed by atoms with Crippen molar-refractivity contribution in [2.45, 2.75) is 70.5 Å². The topological polar surface area (TPSA) is 102 Å². The molecule has 34 heavy (non-hydrogen) atoms. The second-order valence-corrected chi connectivity index (χ2v) is 10.3. The first-order valence-electron chi connectivity index (χ1n) is 11.7. The average molecular weight is 479 g/mol. The third kappa shape index (κ3) is 4.36. The number of halogens is 2. The van der Waals surface area contributed by atoms with Gasteiger partial charge in [-0.15, -0.1) is 0 Å². The van der Waals surface area contributed by atoms with Gasteiger partial charge in [0.05, 0.1) is 5.56 Å². The van der Waals surface area contributed by atoms with Crippen LogP contribution < -0.4 is 9.84 Å². The highest BCUT2D eigenvalue weighted by molar-refractivity contribution is 5.90. The summed E-state index contributed by atoms with van der Waals surface area (Å²) in [5.41, 5.74) is -0.652. The Hall–Kier alpha value is -2.71. The molecule has 0 radical (unpaired) electrons. The number of hydrogen-bond donors (Lipinski definition) is 0. The van der Waals surface area contributed by atoms with E-state index in [2.05, 4.69) is 0 Å². The van der Waals surface area contributed by atoms with E-state index in [1.807, 2.05) is 6.92 Å². The highest BCUT2D eigenvalue weighted by atomic mass is 19.3. The third-order valence-electron chi connectivity index (χ3n) is 7.83. The van der Waals surface area contributed by atoms with E-state index in [0.717, 1.165) is 18.8 Å². The second-order valence-electron chi connectivity index (χ2n) is 10.3. The van der Waals surface area contributed by atoms with Crippen LogP contribution in [0.4, 0.5) is 13.6 Å². The summed E-state index contributed by atoms with van der Waals surface area (Å²) in [6.45, 7) is 4.59. The molecular weight excluding hydrogens is 450 g/mol. The maximum Gasteiger partial charge on any atom is 0.514 e. The Morgan fingerprint density at radius 1 is 1.12 bits per heavy atom. The predicted octanol–water partition coefficient (Wildman–Crippen LogP) is 3.98. The van der Waals surface area contributed by atoms with Crippen molar-refractivity contribution in [1.29, 1.82) is 0 Å². The van der Waals surface area contributed by atoms with Crippen LogP contribution in [0, 0.1) is 29.6 Å². The number of benzene rings is 1. The van der Waals surface area contributed by atoms with Crippen molar-refractivity contribution < 1.29 is 42.5 Å². The molecule has 1 aromatic carbocycles. The number of alkyl halides is 2. The van der Waals surface area contributed by atoms with Crippen LogP contribution in [0.25, 0.3) is 0 Å². The van der Waals surface area contributed by atoms with Crippen molar-refractivity contribution in [1.82, 2.24) is 0 Å². The van der Waals surface area contributed by atoms with Crippen molar-refractivity contribution >= 4 is 18.1 Å². The lowest BCUT2D eigenvalue weighted by molar-refractivity contribution is -0.337. The van der Waals surface area contributed by atoms with Gasteiger partial charge in [0.15, 0.2) is 6.10 Å². The minimum atomic E-state index is -4.34. The molecule has 1 aromatic rings. The number of carbonyl (C=O) groups is 3. The molecule has 186 valence electrons. The molecule has 3 fully saturated rings. The van der Waals surface area contributed by atoms with Gasteiger partial charge < -0.3 is 24.1 Å². The van der Waals surface area contributed by atoms with E-state index < -0.39 is 41.6 Å². The van der Waals surface area contributed by atoms with E-state index in [4.69, 9.17) is 14.2 Å². The van der Waals surface area contributed by atoms with Crippen LogP contribution in [0.1, 0.15) is 63.2 Å². The van der Waals surface area contributed by atoms with Crippen LogP contribution in [0.5, 0.6) is 5.75 Å². The highest BCUT2D eigenvalue weighted by Gasteiger charge is 2.61. The summed E-state index contributed by atoms with van der Waals surface area (Å²) in [5.74, 6) is -6.63. The van der Waals surface area contributed by atoms with E-state index in [1.165, 1.54) is 57.4 Å². The van der Waals surface area contributed by atoms with Gasteiger partial charge in [0.25, 0.3) is 0 Å². The van der Waals surface area contributed by atoms with Crippen molar-refractivity contribution in [3.05, 3.63) is 29.8 Å². The third-order valence-corrected chi connectivity index (χ3v) is 7.83. The van der Waals surface area contributed by atoms with E-state index >= 15 is 0 Å². The monoisotopic (exact) mass is 479 g/mol. The van der Waals surface area contributed by atoms with E-state index in [1.54, 1.807) is 0 Å². The molecule has 9 heteroatoms. The summed E-state index contributed by atoms with van der Waals surface area (Å²) >= 11 is 0. The maximum absolute atomic E-state index is 13.9. The van der Waals surface area contributed by atoms with Crippen LogP contribution in [-0.2, 0) is 14.3 Å². The van der Waals surface area contributed by atoms with Crippen molar-refractivity contribution in [2.24, 2.45) is 29.6 Å². The van der Waals surface area contributed by atoms with Crippen LogP contribution in [0.15, 0.2) is 24.3 Å². The van der Waals surface area contributed by atoms with E-state index in [9.17, 15) is 28.3 Å². The average Bonchev–Trinajstić information content (AvgIpc) is 3.44. The molecule has 0 saturated heterocycles. The number of aliphatic carboxylic acids is 1. The van der Waals surface area contributed by atoms with E-state index in [-0.39, 0.29) is 11.3 Å². The fraction of sp³-hybridized carbons (Fsp3) is 0.640. The molecule has 3 aliphatic rings. The van der Waals surface area contributed by atoms with Gasteiger partial charge in [-0.2, -0.15) is 8.78 Å². The molecule has 3 saturated carbocycles. The first-order chi connectivity index (χ1) is 15.9. The summed E-state index contributed by atoms with van der Waals surface area (Å²) in [6, 6.07) is 5.11. The van der Waals surface area contributed by atoms with Crippen molar-refractivity contribution in [2.75, 3.05) is 0 Å². The Morgan fingerprint density at radius 2 is 1.76 bits per heavy atom. The fourth-order valence-electron chi connectivity index (χ4n) is 6.40. The molecule has 3 aliphatic carbocycles. The second kappa shape index (κ2) is 8.82. The minimum Gasteiger partial charge on any atom is -0.544 e. The Labute approximate surface area is 196 Å². The molecule has 2 bridgehead atoms. The zero-order chi connectivity index (χ0) is 24.8. The molecule has 0 aliphatic heterocycles. The summed E-state index contributed by atoms with van der Waals surface area (Å²) in [5, 5.41) is 10.8. The molecule has 0 spiro atoms. The Bertz CT molecular complexity index is 961. The minimum absolute atomic E-state index is 0.104. The molecule has 0 amide bonds. The SMILES string of the molecule is CC(C)C(OC(=O)c1ccc(OC(=O)OC2(C)CC3CC2C2CCCC32)cc1)C(F)(F)C(=O)[O-]. The largest absolute Gasteiger partial charge is 0.544 e. The number of carboxylic acid groups (broad SMARTS) is 1. The molecule has 4 rings (SSSR count). The van der Waals surface area contributed by atoms with Gasteiger partial charge in [-0.05, 0) is 80.5 Å². The zero-order valence-electron chi connectivity index (χ0n) is 19.4. The normalized spacial score (nSPS) is 30.6. The summed E-state index contributed by atoms with van der Waals surface area (Å²) < 4.78 is 43.5. The number of ether oxygens (including phenoxy) is 3. The standard InChI is InChI=1S/C25H30F2O7/c1-13(2)20(25(26,27)22(29)30)33-21(28)14-7-9-16(10-8-14)32-23(31)34-24(3)12-15-11-19(24)18-6-4-5-17(15)18/h7-10,13,15,17-20H,4-6,11-12H2,1-3H3,(H,29,30)/p-1. The molecule has 7 nitrogen and oxygen atoms in total. The smallest absolute Gasteiger partial charge is 0.514 e. The first-order valence-corrected chi connectivity index (χ1v) is 11.7. The Balaban J connectivity index is 1.35. The lowest BCUT2D eigenvalue weighted by Gasteiger charge is -2.39. The molecule has 6 atom stereocenters. The van der Waals surface area contributed by atoms with Crippen LogP contribution in [0.2, 0.25) is 0 Å². The number of carbonyl (C=O) groups excluding carboxylic acids is 3. The van der Waals surface area contributed by atoms with Crippen molar-refractivity contribution in [3.8, 4) is 5.75 Å². The Morgan fingerprint density at radius 3 is 2.38 bits per heavy atom. The number of esters is 1. The van der Waals surface area contributed by atoms with Crippen molar-refractivity contribution in [3.63, 3.8) is 0 Å².